The van der Waals surface area contributed by atoms with E-state index in [1.807, 2.05) is 41.1 Å². The summed E-state index contributed by atoms with van der Waals surface area (Å²) < 4.78 is 13.4. The normalized spacial score (nSPS) is 22.9. The summed E-state index contributed by atoms with van der Waals surface area (Å²) in [5, 5.41) is 8.88. The van der Waals surface area contributed by atoms with Crippen molar-refractivity contribution in [3.05, 3.63) is 59.8 Å². The highest BCUT2D eigenvalue weighted by molar-refractivity contribution is 6.05. The Labute approximate surface area is 194 Å². The number of fused-ring (bicyclic) bond motifs is 3. The molecule has 2 fully saturated rings. The molecule has 3 atom stereocenters. The summed E-state index contributed by atoms with van der Waals surface area (Å²) in [5.41, 5.74) is 2.73. The molecule has 1 amide bonds. The Morgan fingerprint density at radius 2 is 1.85 bits per heavy atom. The Balaban J connectivity index is 1.31. The average molecular weight is 449 g/mol. The van der Waals surface area contributed by atoms with E-state index in [4.69, 9.17) is 9.47 Å². The van der Waals surface area contributed by atoms with Gasteiger partial charge in [0.05, 0.1) is 25.8 Å². The van der Waals surface area contributed by atoms with Crippen molar-refractivity contribution in [1.82, 2.24) is 20.0 Å². The second-order valence-corrected chi connectivity index (χ2v) is 9.06. The van der Waals surface area contributed by atoms with Crippen LogP contribution in [0.3, 0.4) is 0 Å². The van der Waals surface area contributed by atoms with Crippen molar-refractivity contribution >= 4 is 16.8 Å². The molecule has 174 valence electrons. The van der Waals surface area contributed by atoms with E-state index in [1.54, 1.807) is 7.11 Å². The van der Waals surface area contributed by atoms with Gasteiger partial charge >= 0.3 is 0 Å². The molecular formula is C26H32N4O3. The summed E-state index contributed by atoms with van der Waals surface area (Å²) >= 11 is 0. The number of hydrogen-bond acceptors (Lipinski definition) is 5. The number of methoxy groups -OCH3 is 1. The molecule has 7 heteroatoms. The first kappa shape index (κ1) is 21.9. The zero-order valence-corrected chi connectivity index (χ0v) is 19.4. The first-order chi connectivity index (χ1) is 16.2. The van der Waals surface area contributed by atoms with Gasteiger partial charge < -0.3 is 14.8 Å². The number of benzene rings is 2. The maximum Gasteiger partial charge on any atom is 0.272 e. The van der Waals surface area contributed by atoms with Crippen LogP contribution in [0.1, 0.15) is 42.2 Å². The molecule has 3 heterocycles. The average Bonchev–Trinajstić information content (AvgIpc) is 3.19. The number of rotatable bonds is 7. The van der Waals surface area contributed by atoms with Gasteiger partial charge in [-0.3, -0.25) is 14.4 Å². The Morgan fingerprint density at radius 3 is 2.61 bits per heavy atom. The van der Waals surface area contributed by atoms with Gasteiger partial charge in [-0.05, 0) is 31.4 Å². The second-order valence-electron chi connectivity index (χ2n) is 9.06. The molecule has 0 saturated carbocycles. The summed E-state index contributed by atoms with van der Waals surface area (Å²) in [7, 11) is 1.72. The molecule has 0 spiro atoms. The number of nitrogens with zero attached hydrogens (tertiary/aromatic N) is 3. The van der Waals surface area contributed by atoms with E-state index in [9.17, 15) is 4.79 Å². The number of morpholine rings is 1. The summed E-state index contributed by atoms with van der Waals surface area (Å²) in [6, 6.07) is 16.8. The standard InChI is InChI=1S/C26H32N4O3/c1-3-12-30-23-10-6-5-9-22(23)25(28-30)26(31)27-19-13-20-16-33-17-21(14-19)29(20)15-18-8-4-7-11-24(18)32-2/h4-11,19-21H,3,12-17H2,1-2H3,(H,27,31)/t19-,20-,21+. The van der Waals surface area contributed by atoms with E-state index in [1.165, 1.54) is 5.56 Å². The van der Waals surface area contributed by atoms with E-state index in [0.717, 1.165) is 49.0 Å². The van der Waals surface area contributed by atoms with Crippen LogP contribution in [0.25, 0.3) is 10.9 Å². The summed E-state index contributed by atoms with van der Waals surface area (Å²) in [5.74, 6) is 0.838. The monoisotopic (exact) mass is 448 g/mol. The van der Waals surface area contributed by atoms with Crippen LogP contribution in [0.4, 0.5) is 0 Å². The molecule has 2 aromatic carbocycles. The van der Waals surface area contributed by atoms with Gasteiger partial charge in [-0.2, -0.15) is 5.10 Å². The van der Waals surface area contributed by atoms with Gasteiger partial charge in [-0.25, -0.2) is 0 Å². The fourth-order valence-corrected chi connectivity index (χ4v) is 5.33. The predicted octanol–water partition coefficient (Wildman–Crippen LogP) is 3.62. The fourth-order valence-electron chi connectivity index (χ4n) is 5.33. The SMILES string of the molecule is CCCn1nc(C(=O)N[C@H]2C[C@H]3COC[C@@H](C2)N3Cc2ccccc2OC)c2ccccc21. The zero-order chi connectivity index (χ0) is 22.8. The van der Waals surface area contributed by atoms with Crippen molar-refractivity contribution in [2.45, 2.75) is 57.4 Å². The fraction of sp³-hybridized carbons (Fsp3) is 0.462. The summed E-state index contributed by atoms with van der Waals surface area (Å²) in [6.07, 6.45) is 2.71. The molecule has 2 saturated heterocycles. The minimum Gasteiger partial charge on any atom is -0.496 e. The topological polar surface area (TPSA) is 68.6 Å². The van der Waals surface area contributed by atoms with Gasteiger partial charge in [-0.1, -0.05) is 43.3 Å². The molecule has 5 rings (SSSR count). The molecule has 7 nitrogen and oxygen atoms in total. The van der Waals surface area contributed by atoms with Gasteiger partial charge in [-0.15, -0.1) is 0 Å². The first-order valence-electron chi connectivity index (χ1n) is 11.9. The molecule has 33 heavy (non-hydrogen) atoms. The van der Waals surface area contributed by atoms with Gasteiger partial charge in [0.2, 0.25) is 0 Å². The van der Waals surface area contributed by atoms with Crippen LogP contribution >= 0.6 is 0 Å². The van der Waals surface area contributed by atoms with Gasteiger partial charge in [0.25, 0.3) is 5.91 Å². The second kappa shape index (κ2) is 9.53. The molecule has 0 unspecified atom stereocenters. The maximum atomic E-state index is 13.3. The summed E-state index contributed by atoms with van der Waals surface area (Å²) in [6.45, 7) is 5.13. The smallest absolute Gasteiger partial charge is 0.272 e. The van der Waals surface area contributed by atoms with Crippen LogP contribution < -0.4 is 10.1 Å². The number of hydrogen-bond donors (Lipinski definition) is 1. The number of ether oxygens (including phenoxy) is 2. The van der Waals surface area contributed by atoms with Crippen molar-refractivity contribution in [1.29, 1.82) is 0 Å². The number of aromatic nitrogens is 2. The third-order valence-corrected chi connectivity index (χ3v) is 6.86. The third kappa shape index (κ3) is 4.35. The van der Waals surface area contributed by atoms with E-state index >= 15 is 0 Å². The lowest BCUT2D eigenvalue weighted by Crippen LogP contribution is -2.60. The van der Waals surface area contributed by atoms with Crippen LogP contribution in [0.15, 0.2) is 48.5 Å². The molecule has 2 aliphatic heterocycles. The lowest BCUT2D eigenvalue weighted by molar-refractivity contribution is -0.0845. The van der Waals surface area contributed by atoms with E-state index < -0.39 is 0 Å². The quantitative estimate of drug-likeness (QED) is 0.598. The number of aryl methyl sites for hydroxylation is 1. The predicted molar refractivity (Wildman–Crippen MR) is 127 cm³/mol. The molecule has 3 aromatic rings. The third-order valence-electron chi connectivity index (χ3n) is 6.86. The molecule has 2 bridgehead atoms. The molecule has 1 N–H and O–H groups in total. The lowest BCUT2D eigenvalue weighted by atomic mass is 9.89. The summed E-state index contributed by atoms with van der Waals surface area (Å²) in [4.78, 5) is 15.8. The van der Waals surface area contributed by atoms with Crippen LogP contribution in [-0.4, -0.2) is 59.0 Å². The number of piperidine rings is 1. The Hall–Kier alpha value is -2.90. The molecule has 0 radical (unpaired) electrons. The van der Waals surface area contributed by atoms with Gasteiger partial charge in [0.1, 0.15) is 5.75 Å². The van der Waals surface area contributed by atoms with Crippen molar-refractivity contribution < 1.29 is 14.3 Å². The Bertz CT molecular complexity index is 1110. The van der Waals surface area contributed by atoms with Crippen molar-refractivity contribution in [2.24, 2.45) is 0 Å². The number of para-hydroxylation sites is 2. The van der Waals surface area contributed by atoms with Crippen LogP contribution in [0, 0.1) is 0 Å². The van der Waals surface area contributed by atoms with E-state index in [-0.39, 0.29) is 24.0 Å². The molecule has 2 aliphatic rings. The van der Waals surface area contributed by atoms with Crippen LogP contribution in [0.2, 0.25) is 0 Å². The minimum atomic E-state index is -0.0803. The minimum absolute atomic E-state index is 0.0803. The van der Waals surface area contributed by atoms with E-state index in [0.29, 0.717) is 18.9 Å². The van der Waals surface area contributed by atoms with Crippen LogP contribution in [-0.2, 0) is 17.8 Å². The number of carbonyl (C=O) groups is 1. The largest absolute Gasteiger partial charge is 0.496 e. The van der Waals surface area contributed by atoms with Gasteiger partial charge in [0.15, 0.2) is 5.69 Å². The van der Waals surface area contributed by atoms with E-state index in [2.05, 4.69) is 34.4 Å². The molecule has 1 aromatic heterocycles. The van der Waals surface area contributed by atoms with Crippen molar-refractivity contribution in [3.63, 3.8) is 0 Å². The van der Waals surface area contributed by atoms with Crippen molar-refractivity contribution in [2.75, 3.05) is 20.3 Å². The number of carbonyl (C=O) groups excluding carboxylic acids is 1. The number of nitrogens with one attached hydrogen (secondary N) is 1. The molecular weight excluding hydrogens is 416 g/mol. The van der Waals surface area contributed by atoms with Crippen LogP contribution in [0.5, 0.6) is 5.75 Å². The Kier molecular flexibility index (Phi) is 6.33. The lowest BCUT2D eigenvalue weighted by Gasteiger charge is -2.48. The zero-order valence-electron chi connectivity index (χ0n) is 19.4. The molecule has 0 aliphatic carbocycles. The maximum absolute atomic E-state index is 13.3. The highest BCUT2D eigenvalue weighted by Crippen LogP contribution is 2.32. The highest BCUT2D eigenvalue weighted by atomic mass is 16.5. The van der Waals surface area contributed by atoms with Gasteiger partial charge in [0, 0.05) is 42.2 Å². The Morgan fingerprint density at radius 1 is 1.12 bits per heavy atom. The highest BCUT2D eigenvalue weighted by Gasteiger charge is 2.40. The van der Waals surface area contributed by atoms with Crippen molar-refractivity contribution in [3.8, 4) is 5.75 Å². The number of amides is 1. The first-order valence-corrected chi connectivity index (χ1v) is 11.9.